The van der Waals surface area contributed by atoms with Crippen molar-refractivity contribution in [1.29, 1.82) is 0 Å². The number of hydrogen-bond acceptors (Lipinski definition) is 10. The maximum absolute atomic E-state index is 15.1. The van der Waals surface area contributed by atoms with Crippen molar-refractivity contribution in [2.24, 2.45) is 5.41 Å². The van der Waals surface area contributed by atoms with E-state index in [9.17, 15) is 28.4 Å². The summed E-state index contributed by atoms with van der Waals surface area (Å²) < 4.78 is 50.4. The van der Waals surface area contributed by atoms with Crippen LogP contribution in [0.1, 0.15) is 85.6 Å². The average Bonchev–Trinajstić information content (AvgIpc) is 3.69. The highest BCUT2D eigenvalue weighted by atomic mass is 19.1. The van der Waals surface area contributed by atoms with Gasteiger partial charge in [-0.15, -0.1) is 0 Å². The first-order valence-corrected chi connectivity index (χ1v) is 16.5. The zero-order chi connectivity index (χ0) is 37.0. The van der Waals surface area contributed by atoms with Gasteiger partial charge in [0.1, 0.15) is 11.9 Å². The Bertz CT molecular complexity index is 2050. The lowest BCUT2D eigenvalue weighted by Crippen LogP contribution is -2.56. The summed E-state index contributed by atoms with van der Waals surface area (Å²) in [6.45, 7) is 7.81. The average molecular weight is 709 g/mol. The molecule has 0 radical (unpaired) electrons. The maximum Gasteiger partial charge on any atom is 0.519 e. The second-order valence-electron chi connectivity index (χ2n) is 12.4. The van der Waals surface area contributed by atoms with Crippen molar-refractivity contribution >= 4 is 17.8 Å². The minimum absolute atomic E-state index is 0.0555. The van der Waals surface area contributed by atoms with Crippen LogP contribution < -0.4 is 21.4 Å². The van der Waals surface area contributed by atoms with E-state index in [1.165, 1.54) is 55.1 Å². The quantitative estimate of drug-likeness (QED) is 0.181. The highest BCUT2D eigenvalue weighted by molar-refractivity contribution is 5.98. The molecule has 1 fully saturated rings. The molecule has 0 unspecified atom stereocenters. The molecule has 2 N–H and O–H groups in total. The van der Waals surface area contributed by atoms with E-state index in [2.05, 4.69) is 15.5 Å². The lowest BCUT2D eigenvalue weighted by Gasteiger charge is -2.42. The normalized spacial score (nSPS) is 16.5. The molecule has 0 bridgehead atoms. The zero-order valence-electron chi connectivity index (χ0n) is 28.7. The van der Waals surface area contributed by atoms with Gasteiger partial charge in [-0.2, -0.15) is 5.10 Å². The third-order valence-corrected chi connectivity index (χ3v) is 9.38. The molecular weight excluding hydrogens is 670 g/mol. The number of aryl methyl sites for hydroxylation is 2. The maximum atomic E-state index is 15.1. The number of esters is 1. The molecule has 0 saturated carbocycles. The molecule has 2 aromatic carbocycles. The number of aromatic amines is 1. The van der Waals surface area contributed by atoms with Crippen LogP contribution in [0.5, 0.6) is 11.5 Å². The fraction of sp³-hybridized carbons (Fsp3) is 0.389. The Kier molecular flexibility index (Phi) is 10.9. The van der Waals surface area contributed by atoms with Gasteiger partial charge < -0.3 is 28.5 Å². The Morgan fingerprint density at radius 3 is 2.43 bits per heavy atom. The van der Waals surface area contributed by atoms with Crippen molar-refractivity contribution in [1.82, 2.24) is 20.4 Å². The Balaban J connectivity index is 1.40. The van der Waals surface area contributed by atoms with Crippen LogP contribution in [0, 0.1) is 30.9 Å². The lowest BCUT2D eigenvalue weighted by atomic mass is 9.74. The summed E-state index contributed by atoms with van der Waals surface area (Å²) in [6, 6.07) is 7.99. The molecule has 1 saturated heterocycles. The number of benzene rings is 2. The van der Waals surface area contributed by atoms with Gasteiger partial charge in [0, 0.05) is 17.7 Å². The molecule has 270 valence electrons. The van der Waals surface area contributed by atoms with E-state index in [-0.39, 0.29) is 48.0 Å². The largest absolute Gasteiger partial charge is 0.519 e. The van der Waals surface area contributed by atoms with Crippen molar-refractivity contribution in [3.8, 4) is 11.5 Å². The third-order valence-electron chi connectivity index (χ3n) is 9.38. The van der Waals surface area contributed by atoms with E-state index in [0.717, 1.165) is 6.07 Å². The molecule has 2 aromatic heterocycles. The monoisotopic (exact) mass is 708 g/mol. The van der Waals surface area contributed by atoms with Crippen molar-refractivity contribution in [2.75, 3.05) is 0 Å². The second-order valence-corrected chi connectivity index (χ2v) is 12.4. The summed E-state index contributed by atoms with van der Waals surface area (Å²) in [4.78, 5) is 66.7. The predicted octanol–water partition coefficient (Wildman–Crippen LogP) is 5.40. The molecule has 0 spiro atoms. The smallest absolute Gasteiger partial charge is 0.457 e. The number of amides is 2. The van der Waals surface area contributed by atoms with Crippen LogP contribution in [0.15, 0.2) is 67.0 Å². The zero-order valence-corrected chi connectivity index (χ0v) is 28.7. The van der Waals surface area contributed by atoms with E-state index >= 15 is 4.39 Å². The number of carbonyl (C=O) groups is 3. The van der Waals surface area contributed by atoms with Crippen molar-refractivity contribution in [3.05, 3.63) is 109 Å². The highest BCUT2D eigenvalue weighted by Crippen LogP contribution is 2.48. The molecular formula is C36H38F2N4O9. The fourth-order valence-electron chi connectivity index (χ4n) is 6.60. The Hall–Kier alpha value is -5.60. The Morgan fingerprint density at radius 1 is 1.04 bits per heavy atom. The van der Waals surface area contributed by atoms with E-state index in [1.807, 2.05) is 0 Å². The number of nitrogens with zero attached hydrogens (tertiary/aromatic N) is 2. The van der Waals surface area contributed by atoms with Gasteiger partial charge in [0.2, 0.25) is 5.91 Å². The van der Waals surface area contributed by atoms with Gasteiger partial charge in [-0.25, -0.2) is 18.7 Å². The number of halogens is 2. The van der Waals surface area contributed by atoms with Gasteiger partial charge in [-0.05, 0) is 82.3 Å². The summed E-state index contributed by atoms with van der Waals surface area (Å²) in [5.74, 6) is -4.59. The molecule has 2 amide bonds. The molecule has 51 heavy (non-hydrogen) atoms. The van der Waals surface area contributed by atoms with Crippen LogP contribution in [0.3, 0.4) is 0 Å². The number of ether oxygens (including phenoxy) is 2. The second kappa shape index (κ2) is 15.1. The summed E-state index contributed by atoms with van der Waals surface area (Å²) in [5, 5.41) is 8.60. The molecule has 13 nitrogen and oxygen atoms in total. The minimum atomic E-state index is -1.23. The van der Waals surface area contributed by atoms with E-state index < -0.39 is 64.3 Å². The number of carbonyl (C=O) groups excluding carboxylic acids is 3. The van der Waals surface area contributed by atoms with Crippen LogP contribution in [-0.2, 0) is 20.9 Å². The van der Waals surface area contributed by atoms with Gasteiger partial charge in [0.15, 0.2) is 35.4 Å². The van der Waals surface area contributed by atoms with Crippen molar-refractivity contribution < 1.29 is 41.5 Å². The summed E-state index contributed by atoms with van der Waals surface area (Å²) in [6.07, 6.45) is 1.27. The number of aromatic nitrogens is 2. The predicted molar refractivity (Wildman–Crippen MR) is 177 cm³/mol. The van der Waals surface area contributed by atoms with Gasteiger partial charge in [0.05, 0.1) is 17.2 Å². The molecule has 4 aromatic rings. The van der Waals surface area contributed by atoms with Gasteiger partial charge >= 0.3 is 17.4 Å². The van der Waals surface area contributed by atoms with Crippen LogP contribution in [0.2, 0.25) is 0 Å². The standard InChI is InChI=1S/C36H38F2N4O9/c1-6-36(7-2,34(46)48-18-29-21(5)49-35(47)51-29)30-14-12-26(22-9-8-10-24(37)16-22)42(30)33(45)20(4)39-31(43)23-11-13-27(25(38)17-23)50-28-15-19(3)40-41-32(28)44/h8-11,13,15-17,20,26,30H,6-7,12,14,18H2,1-5H3,(H,39,43)(H,41,44)/t20-,26+,30-/m1/s1. The molecule has 15 heteroatoms. The highest BCUT2D eigenvalue weighted by Gasteiger charge is 2.53. The first-order chi connectivity index (χ1) is 24.3. The molecule has 0 aliphatic carbocycles. The molecule has 1 aliphatic rings. The number of H-pyrrole nitrogens is 1. The van der Waals surface area contributed by atoms with Crippen LogP contribution in [0.4, 0.5) is 8.78 Å². The number of rotatable bonds is 12. The number of likely N-dealkylation sites (tertiary alicyclic amines) is 1. The molecule has 1 aliphatic heterocycles. The van der Waals surface area contributed by atoms with Crippen LogP contribution in [0.25, 0.3) is 0 Å². The fourth-order valence-corrected chi connectivity index (χ4v) is 6.60. The Morgan fingerprint density at radius 2 is 1.78 bits per heavy atom. The lowest BCUT2D eigenvalue weighted by molar-refractivity contribution is -0.165. The third kappa shape index (κ3) is 7.61. The Labute approximate surface area is 290 Å². The number of nitrogens with one attached hydrogen (secondary N) is 2. The number of hydrogen-bond donors (Lipinski definition) is 2. The van der Waals surface area contributed by atoms with E-state index in [0.29, 0.717) is 24.1 Å². The van der Waals surface area contributed by atoms with Crippen LogP contribution in [-0.4, -0.2) is 45.0 Å². The summed E-state index contributed by atoms with van der Waals surface area (Å²) in [5.41, 5.74) is -1.08. The first kappa shape index (κ1) is 36.7. The van der Waals surface area contributed by atoms with E-state index in [1.54, 1.807) is 26.8 Å². The van der Waals surface area contributed by atoms with Gasteiger partial charge in [-0.3, -0.25) is 19.2 Å². The molecule has 3 heterocycles. The van der Waals surface area contributed by atoms with Gasteiger partial charge in [0.25, 0.3) is 5.91 Å². The van der Waals surface area contributed by atoms with Crippen molar-refractivity contribution in [2.45, 2.75) is 85.0 Å². The van der Waals surface area contributed by atoms with Crippen LogP contribution >= 0.6 is 0 Å². The minimum Gasteiger partial charge on any atom is -0.457 e. The topological polar surface area (TPSA) is 174 Å². The summed E-state index contributed by atoms with van der Waals surface area (Å²) >= 11 is 0. The first-order valence-electron chi connectivity index (χ1n) is 16.5. The van der Waals surface area contributed by atoms with Gasteiger partial charge in [-0.1, -0.05) is 26.0 Å². The molecule has 3 atom stereocenters. The molecule has 5 rings (SSSR count). The summed E-state index contributed by atoms with van der Waals surface area (Å²) in [7, 11) is 0. The van der Waals surface area contributed by atoms with E-state index in [4.69, 9.17) is 18.3 Å². The van der Waals surface area contributed by atoms with Crippen molar-refractivity contribution in [3.63, 3.8) is 0 Å². The SMILES string of the molecule is CCC(CC)(C(=O)OCc1oc(=O)oc1C)[C@H]1CC[C@@H](c2cccc(F)c2)N1C(=O)[C@@H](C)NC(=O)c1ccc(Oc2cc(C)n[nH]c2=O)c(F)c1.